The Morgan fingerprint density at radius 3 is 2.70 bits per heavy atom. The Labute approximate surface area is 139 Å². The van der Waals surface area contributed by atoms with Gasteiger partial charge in [0, 0.05) is 19.1 Å². The maximum absolute atomic E-state index is 11.8. The second-order valence-corrected chi connectivity index (χ2v) is 7.84. The third kappa shape index (κ3) is 3.93. The Balaban J connectivity index is 1.53. The van der Waals surface area contributed by atoms with Crippen molar-refractivity contribution in [3.05, 3.63) is 11.9 Å². The van der Waals surface area contributed by atoms with E-state index in [9.17, 15) is 4.79 Å². The van der Waals surface area contributed by atoms with E-state index in [1.807, 2.05) is 38.4 Å². The summed E-state index contributed by atoms with van der Waals surface area (Å²) < 4.78 is 7.14. The van der Waals surface area contributed by atoms with Gasteiger partial charge in [0.05, 0.1) is 11.9 Å². The molecule has 1 saturated heterocycles. The van der Waals surface area contributed by atoms with E-state index >= 15 is 0 Å². The fraction of sp³-hybridized carbons (Fsp3) is 0.667. The molecule has 2 aromatic rings. The molecule has 0 saturated carbocycles. The lowest BCUT2D eigenvalue weighted by molar-refractivity contribution is 0.0497. The molecule has 0 bridgehead atoms. The number of imidazole rings is 1. The lowest BCUT2D eigenvalue weighted by Crippen LogP contribution is -2.46. The fourth-order valence-electron chi connectivity index (χ4n) is 2.62. The van der Waals surface area contributed by atoms with Crippen molar-refractivity contribution in [3.63, 3.8) is 0 Å². The molecule has 7 nitrogen and oxygen atoms in total. The molecule has 1 N–H and O–H groups in total. The highest BCUT2D eigenvalue weighted by Crippen LogP contribution is 2.26. The molecule has 8 heteroatoms. The Morgan fingerprint density at radius 2 is 2.09 bits per heavy atom. The molecule has 1 fully saturated rings. The minimum Gasteiger partial charge on any atom is -0.444 e. The van der Waals surface area contributed by atoms with Crippen LogP contribution < -0.4 is 10.2 Å². The first kappa shape index (κ1) is 16.0. The zero-order valence-corrected chi connectivity index (χ0v) is 14.8. The number of hydrogen-bond donors (Lipinski definition) is 1. The Kier molecular flexibility index (Phi) is 4.18. The quantitative estimate of drug-likeness (QED) is 0.912. The minimum atomic E-state index is -0.460. The second kappa shape index (κ2) is 5.99. The van der Waals surface area contributed by atoms with E-state index in [2.05, 4.69) is 20.3 Å². The van der Waals surface area contributed by atoms with E-state index < -0.39 is 5.60 Å². The number of carbonyl (C=O) groups is 1. The summed E-state index contributed by atoms with van der Waals surface area (Å²) in [5.74, 6) is 0. The average Bonchev–Trinajstić information content (AvgIpc) is 2.94. The van der Waals surface area contributed by atoms with Crippen LogP contribution in [-0.2, 0) is 4.74 Å². The summed E-state index contributed by atoms with van der Waals surface area (Å²) in [6.07, 6.45) is 3.38. The van der Waals surface area contributed by atoms with Crippen LogP contribution in [0.25, 0.3) is 4.96 Å². The number of anilines is 1. The summed E-state index contributed by atoms with van der Waals surface area (Å²) in [7, 11) is 0. The third-order valence-corrected chi connectivity index (χ3v) is 4.62. The van der Waals surface area contributed by atoms with Gasteiger partial charge in [-0.1, -0.05) is 11.3 Å². The third-order valence-electron chi connectivity index (χ3n) is 3.64. The summed E-state index contributed by atoms with van der Waals surface area (Å²) >= 11 is 1.60. The number of amides is 1. The van der Waals surface area contributed by atoms with E-state index in [0.717, 1.165) is 41.7 Å². The van der Waals surface area contributed by atoms with Crippen LogP contribution in [-0.4, -0.2) is 45.4 Å². The number of ether oxygens (including phenoxy) is 1. The SMILES string of the molecule is Cc1cn2nc(N3CCC(NC(=O)OC(C)(C)C)CC3)sc2n1. The number of fused-ring (bicyclic) bond motifs is 1. The van der Waals surface area contributed by atoms with Crippen LogP contribution in [0.3, 0.4) is 0 Å². The first-order valence-corrected chi connectivity index (χ1v) is 8.69. The van der Waals surface area contributed by atoms with Gasteiger partial charge in [-0.2, -0.15) is 0 Å². The zero-order valence-electron chi connectivity index (χ0n) is 14.0. The van der Waals surface area contributed by atoms with Gasteiger partial charge < -0.3 is 15.0 Å². The summed E-state index contributed by atoms with van der Waals surface area (Å²) in [4.78, 5) is 19.4. The van der Waals surface area contributed by atoms with Crippen molar-refractivity contribution in [2.75, 3.05) is 18.0 Å². The second-order valence-electron chi connectivity index (χ2n) is 6.90. The van der Waals surface area contributed by atoms with Gasteiger partial charge in [-0.15, -0.1) is 5.10 Å². The summed E-state index contributed by atoms with van der Waals surface area (Å²) in [6.45, 7) is 9.32. The van der Waals surface area contributed by atoms with Crippen LogP contribution in [0, 0.1) is 6.92 Å². The van der Waals surface area contributed by atoms with Crippen molar-refractivity contribution in [2.24, 2.45) is 0 Å². The average molecular weight is 337 g/mol. The number of rotatable bonds is 2. The van der Waals surface area contributed by atoms with Crippen molar-refractivity contribution >= 4 is 27.5 Å². The van der Waals surface area contributed by atoms with Gasteiger partial charge >= 0.3 is 6.09 Å². The summed E-state index contributed by atoms with van der Waals surface area (Å²) in [6, 6.07) is 0.160. The van der Waals surface area contributed by atoms with Crippen molar-refractivity contribution < 1.29 is 9.53 Å². The number of carbonyl (C=O) groups excluding carboxylic acids is 1. The van der Waals surface area contributed by atoms with Gasteiger partial charge in [-0.3, -0.25) is 0 Å². The van der Waals surface area contributed by atoms with Crippen LogP contribution in [0.15, 0.2) is 6.20 Å². The molecule has 3 heterocycles. The smallest absolute Gasteiger partial charge is 0.407 e. The molecular weight excluding hydrogens is 314 g/mol. The highest BCUT2D eigenvalue weighted by Gasteiger charge is 2.25. The molecule has 1 aliphatic heterocycles. The monoisotopic (exact) mass is 337 g/mol. The van der Waals surface area contributed by atoms with Gasteiger partial charge in [-0.25, -0.2) is 14.3 Å². The van der Waals surface area contributed by atoms with Crippen LogP contribution in [0.1, 0.15) is 39.3 Å². The lowest BCUT2D eigenvalue weighted by Gasteiger charge is -2.32. The van der Waals surface area contributed by atoms with Gasteiger partial charge in [0.1, 0.15) is 5.60 Å². The van der Waals surface area contributed by atoms with Crippen LogP contribution in [0.5, 0.6) is 0 Å². The number of aryl methyl sites for hydroxylation is 1. The van der Waals surface area contributed by atoms with E-state index in [1.54, 1.807) is 11.3 Å². The topological polar surface area (TPSA) is 71.8 Å². The number of alkyl carbamates (subject to hydrolysis) is 1. The van der Waals surface area contributed by atoms with Gasteiger partial charge in [-0.05, 0) is 40.5 Å². The van der Waals surface area contributed by atoms with Crippen molar-refractivity contribution in [2.45, 2.75) is 52.2 Å². The number of hydrogen-bond acceptors (Lipinski definition) is 6. The van der Waals surface area contributed by atoms with Gasteiger partial charge in [0.15, 0.2) is 0 Å². The molecule has 3 rings (SSSR count). The van der Waals surface area contributed by atoms with E-state index in [0.29, 0.717) is 0 Å². The molecule has 2 aromatic heterocycles. The molecule has 0 spiro atoms. The molecule has 0 aromatic carbocycles. The van der Waals surface area contributed by atoms with Gasteiger partial charge in [0.2, 0.25) is 10.1 Å². The number of nitrogens with zero attached hydrogens (tertiary/aromatic N) is 4. The molecule has 23 heavy (non-hydrogen) atoms. The van der Waals surface area contributed by atoms with Crippen molar-refractivity contribution in [1.82, 2.24) is 19.9 Å². The lowest BCUT2D eigenvalue weighted by atomic mass is 10.1. The predicted octanol–water partition coefficient (Wildman–Crippen LogP) is 2.59. The fourth-order valence-corrected chi connectivity index (χ4v) is 3.60. The molecule has 0 aliphatic carbocycles. The normalized spacial score (nSPS) is 16.8. The number of aromatic nitrogens is 3. The number of nitrogens with one attached hydrogen (secondary N) is 1. The Hall–Kier alpha value is -1.83. The van der Waals surface area contributed by atoms with Crippen molar-refractivity contribution in [1.29, 1.82) is 0 Å². The first-order valence-electron chi connectivity index (χ1n) is 7.87. The van der Waals surface area contributed by atoms with E-state index in [1.165, 1.54) is 0 Å². The summed E-state index contributed by atoms with van der Waals surface area (Å²) in [5.41, 5.74) is 0.522. The van der Waals surface area contributed by atoms with E-state index in [-0.39, 0.29) is 12.1 Å². The molecule has 0 unspecified atom stereocenters. The van der Waals surface area contributed by atoms with Crippen molar-refractivity contribution in [3.8, 4) is 0 Å². The maximum atomic E-state index is 11.8. The van der Waals surface area contributed by atoms with Crippen LogP contribution >= 0.6 is 11.3 Å². The molecule has 126 valence electrons. The molecule has 0 atom stereocenters. The van der Waals surface area contributed by atoms with Crippen LogP contribution in [0.4, 0.5) is 9.93 Å². The highest BCUT2D eigenvalue weighted by atomic mass is 32.1. The largest absolute Gasteiger partial charge is 0.444 e. The van der Waals surface area contributed by atoms with E-state index in [4.69, 9.17) is 4.74 Å². The Bertz CT molecular complexity index is 663. The zero-order chi connectivity index (χ0) is 16.6. The molecule has 1 amide bonds. The Morgan fingerprint density at radius 1 is 1.39 bits per heavy atom. The van der Waals surface area contributed by atoms with Gasteiger partial charge in [0.25, 0.3) is 0 Å². The predicted molar refractivity (Wildman–Crippen MR) is 90.2 cm³/mol. The minimum absolute atomic E-state index is 0.160. The molecule has 0 radical (unpaired) electrons. The molecular formula is C15H23N5O2S. The van der Waals surface area contributed by atoms with Crippen LogP contribution in [0.2, 0.25) is 0 Å². The summed E-state index contributed by atoms with van der Waals surface area (Å²) in [5, 5.41) is 8.52. The maximum Gasteiger partial charge on any atom is 0.407 e. The highest BCUT2D eigenvalue weighted by molar-refractivity contribution is 7.20. The molecule has 1 aliphatic rings. The first-order chi connectivity index (χ1) is 10.8. The number of piperidine rings is 1. The standard InChI is InChI=1S/C15H23N5O2S/c1-10-9-20-12(16-10)23-13(18-20)19-7-5-11(6-8-19)17-14(21)22-15(2,3)4/h9,11H,5-8H2,1-4H3,(H,17,21).